The largest absolute Gasteiger partial charge is 0.497 e. The van der Waals surface area contributed by atoms with Gasteiger partial charge in [-0.15, -0.1) is 0 Å². The van der Waals surface area contributed by atoms with Gasteiger partial charge in [-0.25, -0.2) is 9.78 Å². The van der Waals surface area contributed by atoms with Crippen molar-refractivity contribution in [1.82, 2.24) is 20.2 Å². The van der Waals surface area contributed by atoms with E-state index in [1.165, 1.54) is 0 Å². The number of hydrogen-bond donors (Lipinski definition) is 1. The standard InChI is InChI=1S/C18H22N4O3/c1-24-15-4-2-14(3-5-15)12-21-18(23)22-10-6-16(7-11-22)25-17-13-19-8-9-20-17/h2-5,8-9,13,16H,6-7,10-12H2,1H3,(H,21,23). The minimum Gasteiger partial charge on any atom is -0.497 e. The van der Waals surface area contributed by atoms with Gasteiger partial charge in [-0.05, 0) is 17.7 Å². The molecule has 0 saturated carbocycles. The molecule has 0 atom stereocenters. The number of benzene rings is 1. The Hall–Kier alpha value is -2.83. The third-order valence-corrected chi connectivity index (χ3v) is 4.16. The Labute approximate surface area is 147 Å². The predicted octanol–water partition coefficient (Wildman–Crippen LogP) is 2.24. The summed E-state index contributed by atoms with van der Waals surface area (Å²) in [4.78, 5) is 22.2. The number of amides is 2. The Kier molecular flexibility index (Phi) is 5.66. The quantitative estimate of drug-likeness (QED) is 0.902. The summed E-state index contributed by atoms with van der Waals surface area (Å²) >= 11 is 0. The Morgan fingerprint density at radius 2 is 2.00 bits per heavy atom. The number of likely N-dealkylation sites (tertiary alicyclic amines) is 1. The molecule has 7 heteroatoms. The van der Waals surface area contributed by atoms with E-state index in [1.807, 2.05) is 29.2 Å². The zero-order valence-electron chi connectivity index (χ0n) is 14.2. The first-order valence-corrected chi connectivity index (χ1v) is 8.33. The van der Waals surface area contributed by atoms with E-state index in [1.54, 1.807) is 25.7 Å². The van der Waals surface area contributed by atoms with Crippen LogP contribution in [-0.4, -0.2) is 47.2 Å². The highest BCUT2D eigenvalue weighted by Crippen LogP contribution is 2.16. The molecule has 0 aliphatic carbocycles. The van der Waals surface area contributed by atoms with Gasteiger partial charge in [0.1, 0.15) is 11.9 Å². The van der Waals surface area contributed by atoms with E-state index in [9.17, 15) is 4.79 Å². The van der Waals surface area contributed by atoms with Crippen LogP contribution in [-0.2, 0) is 6.54 Å². The Bertz CT molecular complexity index is 670. The molecule has 1 N–H and O–H groups in total. The van der Waals surface area contributed by atoms with Crippen molar-refractivity contribution in [3.05, 3.63) is 48.4 Å². The van der Waals surface area contributed by atoms with Crippen molar-refractivity contribution in [2.24, 2.45) is 0 Å². The van der Waals surface area contributed by atoms with Crippen LogP contribution in [0.2, 0.25) is 0 Å². The molecule has 1 aliphatic heterocycles. The molecule has 25 heavy (non-hydrogen) atoms. The van der Waals surface area contributed by atoms with E-state index in [-0.39, 0.29) is 12.1 Å². The van der Waals surface area contributed by atoms with Crippen LogP contribution in [0.5, 0.6) is 11.6 Å². The first kappa shape index (κ1) is 17.0. The second-order valence-corrected chi connectivity index (χ2v) is 5.85. The molecule has 1 aliphatic rings. The number of ether oxygens (including phenoxy) is 2. The summed E-state index contributed by atoms with van der Waals surface area (Å²) in [6.07, 6.45) is 6.47. The molecule has 0 spiro atoms. The fourth-order valence-electron chi connectivity index (χ4n) is 2.73. The molecule has 1 fully saturated rings. The highest BCUT2D eigenvalue weighted by Gasteiger charge is 2.24. The van der Waals surface area contributed by atoms with Crippen molar-refractivity contribution in [3.63, 3.8) is 0 Å². The number of rotatable bonds is 5. The van der Waals surface area contributed by atoms with Crippen molar-refractivity contribution in [1.29, 1.82) is 0 Å². The zero-order chi connectivity index (χ0) is 17.5. The molecular formula is C18H22N4O3. The van der Waals surface area contributed by atoms with Crippen LogP contribution in [0.15, 0.2) is 42.9 Å². The number of carbonyl (C=O) groups is 1. The molecule has 2 amide bonds. The SMILES string of the molecule is COc1ccc(CNC(=O)N2CCC(Oc3cnccn3)CC2)cc1. The van der Waals surface area contributed by atoms with Gasteiger partial charge in [-0.2, -0.15) is 0 Å². The summed E-state index contributed by atoms with van der Waals surface area (Å²) in [6, 6.07) is 7.61. The van der Waals surface area contributed by atoms with Crippen molar-refractivity contribution in [2.45, 2.75) is 25.5 Å². The summed E-state index contributed by atoms with van der Waals surface area (Å²) in [6.45, 7) is 1.83. The lowest BCUT2D eigenvalue weighted by Gasteiger charge is -2.31. The van der Waals surface area contributed by atoms with E-state index in [0.29, 0.717) is 25.5 Å². The number of nitrogens with one attached hydrogen (secondary N) is 1. The van der Waals surface area contributed by atoms with Crippen molar-refractivity contribution >= 4 is 6.03 Å². The number of aromatic nitrogens is 2. The summed E-state index contributed by atoms with van der Waals surface area (Å²) in [5.74, 6) is 1.34. The van der Waals surface area contributed by atoms with Gasteiger partial charge in [0.25, 0.3) is 0 Å². The zero-order valence-corrected chi connectivity index (χ0v) is 14.2. The first-order chi connectivity index (χ1) is 12.2. The molecule has 0 bridgehead atoms. The van der Waals surface area contributed by atoms with Gasteiger partial charge in [-0.3, -0.25) is 4.98 Å². The lowest BCUT2D eigenvalue weighted by Crippen LogP contribution is -2.46. The smallest absolute Gasteiger partial charge is 0.317 e. The number of piperidine rings is 1. The molecule has 1 aromatic carbocycles. The van der Waals surface area contributed by atoms with E-state index in [2.05, 4.69) is 15.3 Å². The summed E-state index contributed by atoms with van der Waals surface area (Å²) in [7, 11) is 1.63. The molecule has 0 radical (unpaired) electrons. The Morgan fingerprint density at radius 3 is 2.64 bits per heavy atom. The van der Waals surface area contributed by atoms with Gasteiger partial charge >= 0.3 is 6.03 Å². The lowest BCUT2D eigenvalue weighted by molar-refractivity contribution is 0.107. The van der Waals surface area contributed by atoms with Crippen LogP contribution in [0.4, 0.5) is 4.79 Å². The van der Waals surface area contributed by atoms with E-state index < -0.39 is 0 Å². The highest BCUT2D eigenvalue weighted by atomic mass is 16.5. The minimum absolute atomic E-state index is 0.0474. The molecule has 1 saturated heterocycles. The van der Waals surface area contributed by atoms with Crippen LogP contribution >= 0.6 is 0 Å². The molecule has 132 valence electrons. The lowest BCUT2D eigenvalue weighted by atomic mass is 10.1. The average Bonchev–Trinajstić information content (AvgIpc) is 2.68. The maximum absolute atomic E-state index is 12.3. The van der Waals surface area contributed by atoms with E-state index in [0.717, 1.165) is 24.2 Å². The molecule has 1 aromatic heterocycles. The van der Waals surface area contributed by atoms with Crippen molar-refractivity contribution < 1.29 is 14.3 Å². The average molecular weight is 342 g/mol. The van der Waals surface area contributed by atoms with Crippen LogP contribution < -0.4 is 14.8 Å². The van der Waals surface area contributed by atoms with E-state index >= 15 is 0 Å². The second-order valence-electron chi connectivity index (χ2n) is 5.85. The fourth-order valence-corrected chi connectivity index (χ4v) is 2.73. The fraction of sp³-hybridized carbons (Fsp3) is 0.389. The van der Waals surface area contributed by atoms with Crippen molar-refractivity contribution in [3.8, 4) is 11.6 Å². The highest BCUT2D eigenvalue weighted by molar-refractivity contribution is 5.74. The molecular weight excluding hydrogens is 320 g/mol. The van der Waals surface area contributed by atoms with Crippen molar-refractivity contribution in [2.75, 3.05) is 20.2 Å². The molecule has 0 unspecified atom stereocenters. The number of nitrogens with zero attached hydrogens (tertiary/aromatic N) is 3. The summed E-state index contributed by atoms with van der Waals surface area (Å²) in [5, 5.41) is 2.95. The van der Waals surface area contributed by atoms with Crippen LogP contribution in [0.3, 0.4) is 0 Å². The van der Waals surface area contributed by atoms with Gasteiger partial charge in [0.15, 0.2) is 0 Å². The normalized spacial score (nSPS) is 14.8. The maximum atomic E-state index is 12.3. The third kappa shape index (κ3) is 4.82. The molecule has 7 nitrogen and oxygen atoms in total. The van der Waals surface area contributed by atoms with Gasteiger partial charge in [0.05, 0.1) is 13.3 Å². The maximum Gasteiger partial charge on any atom is 0.317 e. The Morgan fingerprint density at radius 1 is 1.24 bits per heavy atom. The molecule has 2 aromatic rings. The number of methoxy groups -OCH3 is 1. The molecule has 2 heterocycles. The van der Waals surface area contributed by atoms with Gasteiger partial charge in [0.2, 0.25) is 5.88 Å². The minimum atomic E-state index is -0.0474. The van der Waals surface area contributed by atoms with Gasteiger partial charge < -0.3 is 19.7 Å². The van der Waals surface area contributed by atoms with Crippen LogP contribution in [0.1, 0.15) is 18.4 Å². The predicted molar refractivity (Wildman–Crippen MR) is 92.5 cm³/mol. The number of urea groups is 1. The van der Waals surface area contributed by atoms with Crippen LogP contribution in [0.25, 0.3) is 0 Å². The van der Waals surface area contributed by atoms with Crippen LogP contribution in [0, 0.1) is 0 Å². The monoisotopic (exact) mass is 342 g/mol. The number of hydrogen-bond acceptors (Lipinski definition) is 5. The number of carbonyl (C=O) groups excluding carboxylic acids is 1. The van der Waals surface area contributed by atoms with Gasteiger partial charge in [0, 0.05) is 44.9 Å². The summed E-state index contributed by atoms with van der Waals surface area (Å²) in [5.41, 5.74) is 1.04. The first-order valence-electron chi connectivity index (χ1n) is 8.33. The van der Waals surface area contributed by atoms with E-state index in [4.69, 9.17) is 9.47 Å². The third-order valence-electron chi connectivity index (χ3n) is 4.16. The summed E-state index contributed by atoms with van der Waals surface area (Å²) < 4.78 is 10.9. The Balaban J connectivity index is 1.41. The topological polar surface area (TPSA) is 76.6 Å². The second kappa shape index (κ2) is 8.32. The molecule has 3 rings (SSSR count). The van der Waals surface area contributed by atoms with Gasteiger partial charge in [-0.1, -0.05) is 12.1 Å².